The zero-order valence-corrected chi connectivity index (χ0v) is 12.1. The molecule has 0 aromatic heterocycles. The predicted octanol–water partition coefficient (Wildman–Crippen LogP) is 2.03. The topological polar surface area (TPSA) is 75.6 Å². The van der Waals surface area contributed by atoms with Gasteiger partial charge in [0.25, 0.3) is 5.91 Å². The first-order valence-corrected chi connectivity index (χ1v) is 6.63. The third-order valence-electron chi connectivity index (χ3n) is 2.93. The molecule has 1 rings (SSSR count). The summed E-state index contributed by atoms with van der Waals surface area (Å²) in [7, 11) is 0. The average molecular weight is 279 g/mol. The smallest absolute Gasteiger partial charge is 0.308 e. The van der Waals surface area contributed by atoms with E-state index in [4.69, 9.17) is 9.84 Å². The lowest BCUT2D eigenvalue weighted by Gasteiger charge is -2.14. The second-order valence-electron chi connectivity index (χ2n) is 5.02. The van der Waals surface area contributed by atoms with E-state index in [2.05, 4.69) is 19.2 Å². The highest BCUT2D eigenvalue weighted by molar-refractivity contribution is 5.78. The summed E-state index contributed by atoms with van der Waals surface area (Å²) in [5.74, 6) is -0.875. The van der Waals surface area contributed by atoms with Crippen LogP contribution >= 0.6 is 0 Å². The van der Waals surface area contributed by atoms with Crippen molar-refractivity contribution in [3.05, 3.63) is 29.8 Å². The third-order valence-corrected chi connectivity index (χ3v) is 2.93. The van der Waals surface area contributed by atoms with Gasteiger partial charge in [-0.25, -0.2) is 0 Å². The summed E-state index contributed by atoms with van der Waals surface area (Å²) in [6.45, 7) is 5.63. The predicted molar refractivity (Wildman–Crippen MR) is 75.8 cm³/mol. The average Bonchev–Trinajstić information content (AvgIpc) is 2.42. The molecule has 5 nitrogen and oxygen atoms in total. The zero-order valence-electron chi connectivity index (χ0n) is 12.1. The lowest BCUT2D eigenvalue weighted by molar-refractivity contribution is -0.141. The van der Waals surface area contributed by atoms with E-state index in [-0.39, 0.29) is 19.1 Å². The molecular weight excluding hydrogens is 258 g/mol. The minimum atomic E-state index is -0.934. The Kier molecular flexibility index (Phi) is 6.03. The fraction of sp³-hybridized carbons (Fsp3) is 0.467. The molecule has 1 aromatic rings. The van der Waals surface area contributed by atoms with E-state index < -0.39 is 11.9 Å². The summed E-state index contributed by atoms with van der Waals surface area (Å²) >= 11 is 0. The summed E-state index contributed by atoms with van der Waals surface area (Å²) in [6, 6.07) is 7.56. The second kappa shape index (κ2) is 7.53. The standard InChI is InChI=1S/C15H21NO4/c1-10(2)12-6-4-5-7-13(12)20-9-14(17)16-8-11(3)15(18)19/h4-7,10-11H,8-9H2,1-3H3,(H,16,17)(H,18,19). The maximum atomic E-state index is 11.6. The number of amides is 1. The SMILES string of the molecule is CC(CNC(=O)COc1ccccc1C(C)C)C(=O)O. The Balaban J connectivity index is 2.47. The molecule has 0 aliphatic heterocycles. The number of rotatable bonds is 7. The van der Waals surface area contributed by atoms with Crippen molar-refractivity contribution in [3.8, 4) is 5.75 Å². The van der Waals surface area contributed by atoms with E-state index in [1.165, 1.54) is 6.92 Å². The van der Waals surface area contributed by atoms with Crippen molar-refractivity contribution in [2.75, 3.05) is 13.2 Å². The number of aliphatic carboxylic acids is 1. The van der Waals surface area contributed by atoms with Gasteiger partial charge >= 0.3 is 5.97 Å². The fourth-order valence-corrected chi connectivity index (χ4v) is 1.64. The van der Waals surface area contributed by atoms with Crippen LogP contribution in [0.2, 0.25) is 0 Å². The Morgan fingerprint density at radius 3 is 2.50 bits per heavy atom. The molecule has 0 saturated carbocycles. The van der Waals surface area contributed by atoms with Gasteiger partial charge in [-0.05, 0) is 17.5 Å². The number of hydrogen-bond acceptors (Lipinski definition) is 3. The van der Waals surface area contributed by atoms with Crippen LogP contribution in [0, 0.1) is 5.92 Å². The Bertz CT molecular complexity index is 471. The third kappa shape index (κ3) is 4.91. The fourth-order valence-electron chi connectivity index (χ4n) is 1.64. The quantitative estimate of drug-likeness (QED) is 0.800. The van der Waals surface area contributed by atoms with Gasteiger partial charge in [0.2, 0.25) is 0 Å². The van der Waals surface area contributed by atoms with Crippen LogP contribution in [-0.2, 0) is 9.59 Å². The van der Waals surface area contributed by atoms with E-state index in [0.717, 1.165) is 5.56 Å². The Labute approximate surface area is 118 Å². The van der Waals surface area contributed by atoms with Crippen molar-refractivity contribution in [2.45, 2.75) is 26.7 Å². The van der Waals surface area contributed by atoms with Gasteiger partial charge in [0.15, 0.2) is 6.61 Å². The summed E-state index contributed by atoms with van der Waals surface area (Å²) in [6.07, 6.45) is 0. The molecule has 0 aliphatic rings. The second-order valence-corrected chi connectivity index (χ2v) is 5.02. The highest BCUT2D eigenvalue weighted by atomic mass is 16.5. The van der Waals surface area contributed by atoms with Crippen LogP contribution < -0.4 is 10.1 Å². The van der Waals surface area contributed by atoms with Crippen molar-refractivity contribution in [3.63, 3.8) is 0 Å². The molecule has 1 amide bonds. The monoisotopic (exact) mass is 279 g/mol. The maximum Gasteiger partial charge on any atom is 0.308 e. The molecule has 0 radical (unpaired) electrons. The van der Waals surface area contributed by atoms with Crippen LogP contribution in [0.15, 0.2) is 24.3 Å². The van der Waals surface area contributed by atoms with Crippen LogP contribution in [-0.4, -0.2) is 30.1 Å². The maximum absolute atomic E-state index is 11.6. The number of carboxylic acids is 1. The number of benzene rings is 1. The normalized spacial score (nSPS) is 12.0. The molecule has 0 aliphatic carbocycles. The van der Waals surface area contributed by atoms with Crippen molar-refractivity contribution < 1.29 is 19.4 Å². The number of ether oxygens (including phenoxy) is 1. The minimum Gasteiger partial charge on any atom is -0.483 e. The summed E-state index contributed by atoms with van der Waals surface area (Å²) in [5, 5.41) is 11.3. The highest BCUT2D eigenvalue weighted by Gasteiger charge is 2.13. The molecular formula is C15H21NO4. The first kappa shape index (κ1) is 16.0. The summed E-state index contributed by atoms with van der Waals surface area (Å²) < 4.78 is 5.49. The van der Waals surface area contributed by atoms with E-state index >= 15 is 0 Å². The lowest BCUT2D eigenvalue weighted by Crippen LogP contribution is -2.34. The molecule has 20 heavy (non-hydrogen) atoms. The van der Waals surface area contributed by atoms with Gasteiger partial charge in [0.1, 0.15) is 5.75 Å². The van der Waals surface area contributed by atoms with Gasteiger partial charge in [-0.3, -0.25) is 9.59 Å². The van der Waals surface area contributed by atoms with E-state index in [9.17, 15) is 9.59 Å². The minimum absolute atomic E-state index is 0.101. The largest absolute Gasteiger partial charge is 0.483 e. The van der Waals surface area contributed by atoms with Gasteiger partial charge in [-0.1, -0.05) is 39.0 Å². The van der Waals surface area contributed by atoms with Crippen molar-refractivity contribution in [2.24, 2.45) is 5.92 Å². The van der Waals surface area contributed by atoms with Crippen LogP contribution in [0.3, 0.4) is 0 Å². The number of para-hydroxylation sites is 1. The van der Waals surface area contributed by atoms with E-state index in [1.54, 1.807) is 0 Å². The molecule has 110 valence electrons. The zero-order chi connectivity index (χ0) is 15.1. The summed E-state index contributed by atoms with van der Waals surface area (Å²) in [5.41, 5.74) is 1.04. The van der Waals surface area contributed by atoms with Crippen LogP contribution in [0.4, 0.5) is 0 Å². The first-order chi connectivity index (χ1) is 9.41. The number of nitrogens with one attached hydrogen (secondary N) is 1. The van der Waals surface area contributed by atoms with Crippen LogP contribution in [0.5, 0.6) is 5.75 Å². The van der Waals surface area contributed by atoms with Gasteiger partial charge in [0.05, 0.1) is 5.92 Å². The first-order valence-electron chi connectivity index (χ1n) is 6.63. The Hall–Kier alpha value is -2.04. The molecule has 1 aromatic carbocycles. The molecule has 5 heteroatoms. The highest BCUT2D eigenvalue weighted by Crippen LogP contribution is 2.25. The van der Waals surface area contributed by atoms with Gasteiger partial charge in [0, 0.05) is 6.54 Å². The molecule has 1 atom stereocenters. The van der Waals surface area contributed by atoms with Crippen LogP contribution in [0.25, 0.3) is 0 Å². The van der Waals surface area contributed by atoms with E-state index in [1.807, 2.05) is 24.3 Å². The summed E-state index contributed by atoms with van der Waals surface area (Å²) in [4.78, 5) is 22.2. The molecule has 0 spiro atoms. The Morgan fingerprint density at radius 1 is 1.25 bits per heavy atom. The number of carboxylic acid groups (broad SMARTS) is 1. The number of carbonyl (C=O) groups excluding carboxylic acids is 1. The molecule has 2 N–H and O–H groups in total. The van der Waals surface area contributed by atoms with Crippen molar-refractivity contribution in [1.82, 2.24) is 5.32 Å². The molecule has 0 fully saturated rings. The molecule has 1 unspecified atom stereocenters. The number of hydrogen-bond donors (Lipinski definition) is 2. The number of carbonyl (C=O) groups is 2. The lowest BCUT2D eigenvalue weighted by atomic mass is 10.0. The molecule has 0 saturated heterocycles. The van der Waals surface area contributed by atoms with Crippen molar-refractivity contribution >= 4 is 11.9 Å². The molecule has 0 heterocycles. The van der Waals surface area contributed by atoms with Crippen molar-refractivity contribution in [1.29, 1.82) is 0 Å². The molecule has 0 bridgehead atoms. The van der Waals surface area contributed by atoms with Crippen LogP contribution in [0.1, 0.15) is 32.3 Å². The Morgan fingerprint density at radius 2 is 1.90 bits per heavy atom. The van der Waals surface area contributed by atoms with Gasteiger partial charge < -0.3 is 15.2 Å². The van der Waals surface area contributed by atoms with Gasteiger partial charge in [-0.2, -0.15) is 0 Å². The van der Waals surface area contributed by atoms with Gasteiger partial charge in [-0.15, -0.1) is 0 Å². The van der Waals surface area contributed by atoms with E-state index in [0.29, 0.717) is 11.7 Å².